The van der Waals surface area contributed by atoms with Gasteiger partial charge in [-0.3, -0.25) is 9.67 Å². The fourth-order valence-corrected chi connectivity index (χ4v) is 5.29. The van der Waals surface area contributed by atoms with Crippen molar-refractivity contribution in [2.75, 3.05) is 31.7 Å². The molecule has 0 atom stereocenters. The van der Waals surface area contributed by atoms with Crippen molar-refractivity contribution < 1.29 is 12.8 Å². The summed E-state index contributed by atoms with van der Waals surface area (Å²) in [5, 5.41) is 9.41. The Balaban J connectivity index is 1.48. The maximum absolute atomic E-state index is 15.1. The van der Waals surface area contributed by atoms with E-state index in [9.17, 15) is 8.42 Å². The molecular weight excluding hydrogens is 467 g/mol. The molecule has 0 saturated heterocycles. The molecule has 4 heterocycles. The third-order valence-electron chi connectivity index (χ3n) is 6.40. The Hall–Kier alpha value is -3.37. The van der Waals surface area contributed by atoms with Crippen LogP contribution in [0.15, 0.2) is 42.9 Å². The number of fused-ring (bicyclic) bond motifs is 2. The van der Waals surface area contributed by atoms with Crippen LogP contribution in [-0.4, -0.2) is 59.5 Å². The summed E-state index contributed by atoms with van der Waals surface area (Å²) in [6, 6.07) is 7.10. The Morgan fingerprint density at radius 3 is 2.63 bits per heavy atom. The third kappa shape index (κ3) is 5.03. The van der Waals surface area contributed by atoms with Crippen molar-refractivity contribution in [1.29, 1.82) is 0 Å². The van der Waals surface area contributed by atoms with Gasteiger partial charge in [-0.1, -0.05) is 0 Å². The van der Waals surface area contributed by atoms with Crippen molar-refractivity contribution in [1.82, 2.24) is 24.6 Å². The number of hydrogen-bond acceptors (Lipinski definition) is 7. The van der Waals surface area contributed by atoms with E-state index < -0.39 is 15.7 Å². The van der Waals surface area contributed by atoms with E-state index in [0.29, 0.717) is 33.5 Å². The van der Waals surface area contributed by atoms with E-state index in [4.69, 9.17) is 0 Å². The summed E-state index contributed by atoms with van der Waals surface area (Å²) in [4.78, 5) is 10.9. The van der Waals surface area contributed by atoms with Gasteiger partial charge < -0.3 is 10.2 Å². The Labute approximate surface area is 203 Å². The number of sulfone groups is 1. The Kier molecular flexibility index (Phi) is 6.02. The number of anilines is 2. The number of benzene rings is 1. The molecule has 35 heavy (non-hydrogen) atoms. The molecule has 0 saturated carbocycles. The summed E-state index contributed by atoms with van der Waals surface area (Å²) in [6.07, 6.45) is 6.83. The maximum Gasteiger partial charge on any atom is 0.153 e. The molecule has 1 aromatic carbocycles. The lowest BCUT2D eigenvalue weighted by atomic mass is 9.97. The summed E-state index contributed by atoms with van der Waals surface area (Å²) in [6.45, 7) is 4.58. The van der Waals surface area contributed by atoms with E-state index in [-0.39, 0.29) is 5.75 Å². The molecule has 10 heteroatoms. The predicted molar refractivity (Wildman–Crippen MR) is 135 cm³/mol. The lowest BCUT2D eigenvalue weighted by Gasteiger charge is -2.13. The van der Waals surface area contributed by atoms with Crippen LogP contribution in [-0.2, 0) is 28.6 Å². The monoisotopic (exact) mass is 494 g/mol. The van der Waals surface area contributed by atoms with Crippen LogP contribution in [0.4, 0.5) is 16.0 Å². The van der Waals surface area contributed by atoms with Gasteiger partial charge in [-0.25, -0.2) is 17.8 Å². The van der Waals surface area contributed by atoms with Crippen molar-refractivity contribution in [3.63, 3.8) is 0 Å². The minimum absolute atomic E-state index is 0.141. The lowest BCUT2D eigenvalue weighted by Crippen LogP contribution is -2.21. The molecule has 0 radical (unpaired) electrons. The highest BCUT2D eigenvalue weighted by Crippen LogP contribution is 2.32. The summed E-state index contributed by atoms with van der Waals surface area (Å²) < 4.78 is 40.7. The van der Waals surface area contributed by atoms with Gasteiger partial charge in [-0.05, 0) is 48.7 Å². The average molecular weight is 495 g/mol. The van der Waals surface area contributed by atoms with E-state index in [1.807, 2.05) is 16.8 Å². The van der Waals surface area contributed by atoms with E-state index in [0.717, 1.165) is 37.3 Å². The first-order chi connectivity index (χ1) is 16.7. The molecular formula is C25H27FN6O2S. The van der Waals surface area contributed by atoms with Gasteiger partial charge in [0.1, 0.15) is 11.6 Å². The van der Waals surface area contributed by atoms with Crippen LogP contribution in [0.3, 0.4) is 0 Å². The molecule has 1 aliphatic rings. The molecule has 182 valence electrons. The lowest BCUT2D eigenvalue weighted by molar-refractivity contribution is 0.337. The van der Waals surface area contributed by atoms with Gasteiger partial charge in [-0.15, -0.1) is 0 Å². The molecule has 0 amide bonds. The van der Waals surface area contributed by atoms with Crippen LogP contribution < -0.4 is 5.32 Å². The molecule has 5 rings (SSSR count). The first kappa shape index (κ1) is 23.4. The van der Waals surface area contributed by atoms with Crippen molar-refractivity contribution in [2.45, 2.75) is 25.6 Å². The van der Waals surface area contributed by atoms with Crippen molar-refractivity contribution in [3.8, 4) is 11.1 Å². The minimum atomic E-state index is -3.25. The van der Waals surface area contributed by atoms with Gasteiger partial charge in [0.2, 0.25) is 0 Å². The minimum Gasteiger partial charge on any atom is -0.323 e. The number of likely N-dealkylation sites (N-methyl/N-ethyl adjacent to an activating group) is 1. The van der Waals surface area contributed by atoms with E-state index >= 15 is 4.39 Å². The second-order valence-electron chi connectivity index (χ2n) is 9.21. The zero-order valence-corrected chi connectivity index (χ0v) is 20.7. The van der Waals surface area contributed by atoms with E-state index in [1.54, 1.807) is 25.4 Å². The second-order valence-corrected chi connectivity index (χ2v) is 11.4. The third-order valence-corrected chi connectivity index (χ3v) is 7.23. The Bertz CT molecular complexity index is 1510. The smallest absolute Gasteiger partial charge is 0.153 e. The Morgan fingerprint density at radius 1 is 1.00 bits per heavy atom. The van der Waals surface area contributed by atoms with E-state index in [1.165, 1.54) is 24.2 Å². The molecule has 8 nitrogen and oxygen atoms in total. The van der Waals surface area contributed by atoms with Crippen LogP contribution in [0.25, 0.3) is 21.9 Å². The molecule has 3 aromatic heterocycles. The van der Waals surface area contributed by atoms with Gasteiger partial charge >= 0.3 is 0 Å². The van der Waals surface area contributed by atoms with Gasteiger partial charge in [0.15, 0.2) is 15.7 Å². The van der Waals surface area contributed by atoms with Crippen LogP contribution in [0.1, 0.15) is 16.8 Å². The van der Waals surface area contributed by atoms with Crippen LogP contribution in [0.2, 0.25) is 0 Å². The van der Waals surface area contributed by atoms with Crippen molar-refractivity contribution in [2.24, 2.45) is 0 Å². The summed E-state index contributed by atoms with van der Waals surface area (Å²) in [5.41, 5.74) is 3.38. The fourth-order valence-electron chi connectivity index (χ4n) is 4.43. The van der Waals surface area contributed by atoms with Gasteiger partial charge in [0.05, 0.1) is 12.3 Å². The first-order valence-corrected chi connectivity index (χ1v) is 13.5. The number of halogens is 1. The summed E-state index contributed by atoms with van der Waals surface area (Å²) in [7, 11) is -1.13. The largest absolute Gasteiger partial charge is 0.323 e. The van der Waals surface area contributed by atoms with Gasteiger partial charge in [0, 0.05) is 72.6 Å². The van der Waals surface area contributed by atoms with Gasteiger partial charge in [-0.2, -0.15) is 5.10 Å². The number of rotatable bonds is 5. The standard InChI is InChI=1S/C25H27FN6O2S/c1-16-19(15-35(3,33)34)12-27-14-22(16)21-8-17-10-24(28-13-18(17)9-23(21)26)29-25-11-20-4-5-31(2)6-7-32(20)30-25/h8-14H,4-7,15H2,1-3H3,(H,28,29,30). The quantitative estimate of drug-likeness (QED) is 0.452. The molecule has 1 N–H and O–H groups in total. The maximum atomic E-state index is 15.1. The molecule has 0 bridgehead atoms. The van der Waals surface area contributed by atoms with E-state index in [2.05, 4.69) is 32.3 Å². The zero-order chi connectivity index (χ0) is 24.7. The van der Waals surface area contributed by atoms with Crippen LogP contribution >= 0.6 is 0 Å². The SMILES string of the molecule is Cc1c(CS(C)(=O)=O)cncc1-c1cc2cc(Nc3cc4n(n3)CCN(C)CC4)ncc2cc1F. The molecule has 0 unspecified atom stereocenters. The van der Waals surface area contributed by atoms with Crippen molar-refractivity contribution in [3.05, 3.63) is 65.5 Å². The Morgan fingerprint density at radius 2 is 1.83 bits per heavy atom. The number of hydrogen-bond donors (Lipinski definition) is 1. The highest BCUT2D eigenvalue weighted by Gasteiger charge is 2.17. The summed E-state index contributed by atoms with van der Waals surface area (Å²) in [5.74, 6) is 0.787. The summed E-state index contributed by atoms with van der Waals surface area (Å²) >= 11 is 0. The zero-order valence-electron chi connectivity index (χ0n) is 19.9. The van der Waals surface area contributed by atoms with Crippen LogP contribution in [0.5, 0.6) is 0 Å². The number of nitrogens with one attached hydrogen (secondary N) is 1. The number of nitrogens with zero attached hydrogens (tertiary/aromatic N) is 5. The van der Waals surface area contributed by atoms with Gasteiger partial charge in [0.25, 0.3) is 0 Å². The second kappa shape index (κ2) is 9.01. The normalized spacial score (nSPS) is 14.6. The molecule has 1 aliphatic heterocycles. The predicted octanol–water partition coefficient (Wildman–Crippen LogP) is 3.72. The van der Waals surface area contributed by atoms with Crippen molar-refractivity contribution >= 4 is 32.2 Å². The first-order valence-electron chi connectivity index (χ1n) is 11.4. The highest BCUT2D eigenvalue weighted by molar-refractivity contribution is 7.89. The molecule has 4 aromatic rings. The fraction of sp³-hybridized carbons (Fsp3) is 0.320. The number of aromatic nitrogens is 4. The number of pyridine rings is 2. The topological polar surface area (TPSA) is 93.0 Å². The molecule has 0 aliphatic carbocycles. The highest BCUT2D eigenvalue weighted by atomic mass is 32.2. The van der Waals surface area contributed by atoms with Crippen LogP contribution in [0, 0.1) is 12.7 Å². The average Bonchev–Trinajstić information content (AvgIpc) is 3.09. The molecule has 0 fully saturated rings. The molecule has 0 spiro atoms.